The van der Waals surface area contributed by atoms with Crippen molar-refractivity contribution in [2.24, 2.45) is 0 Å². The van der Waals surface area contributed by atoms with E-state index in [0.29, 0.717) is 10.6 Å². The minimum atomic E-state index is -0.442. The molecule has 0 aliphatic rings. The minimum Gasteiger partial charge on any atom is -0.483 e. The average molecular weight is 402 g/mol. The standard InChI is InChI=1S/C23H18N2O3S/c26-22(24-25-23(27)21-14-17-10-4-7-13-20(17)29-21)15-28-19-12-6-5-11-18(19)16-8-2-1-3-9-16/h1-14H,15H2,(H,24,26)(H,25,27). The predicted octanol–water partition coefficient (Wildman–Crippen LogP) is 4.41. The van der Waals surface area contributed by atoms with Gasteiger partial charge in [-0.15, -0.1) is 11.3 Å². The fourth-order valence-electron chi connectivity index (χ4n) is 2.91. The molecule has 0 saturated heterocycles. The third kappa shape index (κ3) is 4.44. The van der Waals surface area contributed by atoms with Crippen LogP contribution in [0.1, 0.15) is 9.67 Å². The van der Waals surface area contributed by atoms with Gasteiger partial charge in [-0.05, 0) is 29.1 Å². The first-order chi connectivity index (χ1) is 14.2. The molecule has 0 bridgehead atoms. The molecule has 0 aliphatic carbocycles. The number of carbonyl (C=O) groups excluding carboxylic acids is 2. The monoisotopic (exact) mass is 402 g/mol. The summed E-state index contributed by atoms with van der Waals surface area (Å²) in [6.45, 7) is -0.212. The van der Waals surface area contributed by atoms with Crippen LogP contribution in [-0.4, -0.2) is 18.4 Å². The van der Waals surface area contributed by atoms with Gasteiger partial charge in [-0.3, -0.25) is 20.4 Å². The Hall–Kier alpha value is -3.64. The molecule has 144 valence electrons. The Labute approximate surface area is 171 Å². The molecule has 1 aromatic heterocycles. The number of amides is 2. The van der Waals surface area contributed by atoms with Crippen LogP contribution in [0, 0.1) is 0 Å². The Balaban J connectivity index is 1.34. The van der Waals surface area contributed by atoms with Crippen molar-refractivity contribution >= 4 is 33.2 Å². The fraction of sp³-hybridized carbons (Fsp3) is 0.0435. The highest BCUT2D eigenvalue weighted by molar-refractivity contribution is 7.20. The van der Waals surface area contributed by atoms with Gasteiger partial charge in [-0.25, -0.2) is 0 Å². The highest BCUT2D eigenvalue weighted by Gasteiger charge is 2.12. The van der Waals surface area contributed by atoms with Gasteiger partial charge >= 0.3 is 0 Å². The van der Waals surface area contributed by atoms with Gasteiger partial charge in [-0.2, -0.15) is 0 Å². The lowest BCUT2D eigenvalue weighted by molar-refractivity contribution is -0.123. The number of para-hydroxylation sites is 1. The number of benzene rings is 3. The van der Waals surface area contributed by atoms with Crippen molar-refractivity contribution in [2.75, 3.05) is 6.61 Å². The lowest BCUT2D eigenvalue weighted by atomic mass is 10.1. The van der Waals surface area contributed by atoms with E-state index in [0.717, 1.165) is 21.2 Å². The maximum absolute atomic E-state index is 12.3. The third-order valence-corrected chi connectivity index (χ3v) is 5.41. The van der Waals surface area contributed by atoms with E-state index < -0.39 is 5.91 Å². The summed E-state index contributed by atoms with van der Waals surface area (Å²) in [5.74, 6) is -0.198. The van der Waals surface area contributed by atoms with Crippen LogP contribution >= 0.6 is 11.3 Å². The summed E-state index contributed by atoms with van der Waals surface area (Å²) in [5, 5.41) is 0.995. The Morgan fingerprint density at radius 1 is 0.828 bits per heavy atom. The molecule has 4 rings (SSSR count). The van der Waals surface area contributed by atoms with Crippen molar-refractivity contribution in [1.29, 1.82) is 0 Å². The number of ether oxygens (including phenoxy) is 1. The summed E-state index contributed by atoms with van der Waals surface area (Å²) in [7, 11) is 0. The molecular formula is C23H18N2O3S. The van der Waals surface area contributed by atoms with Crippen LogP contribution in [0.2, 0.25) is 0 Å². The normalized spacial score (nSPS) is 10.5. The zero-order valence-corrected chi connectivity index (χ0v) is 16.2. The molecule has 2 N–H and O–H groups in total. The van der Waals surface area contributed by atoms with Crippen molar-refractivity contribution in [3.8, 4) is 16.9 Å². The second-order valence-electron chi connectivity index (χ2n) is 6.30. The van der Waals surface area contributed by atoms with Crippen LogP contribution in [0.3, 0.4) is 0 Å². The maximum Gasteiger partial charge on any atom is 0.279 e. The Morgan fingerprint density at radius 2 is 1.55 bits per heavy atom. The van der Waals surface area contributed by atoms with Crippen LogP contribution in [0.4, 0.5) is 0 Å². The molecular weight excluding hydrogens is 384 g/mol. The van der Waals surface area contributed by atoms with Gasteiger partial charge in [0.2, 0.25) is 0 Å². The van der Waals surface area contributed by atoms with E-state index in [4.69, 9.17) is 4.74 Å². The molecule has 6 heteroatoms. The molecule has 0 aliphatic heterocycles. The quantitative estimate of drug-likeness (QED) is 0.486. The lowest BCUT2D eigenvalue weighted by Gasteiger charge is -2.12. The van der Waals surface area contributed by atoms with Crippen LogP contribution in [0.25, 0.3) is 21.2 Å². The van der Waals surface area contributed by atoms with E-state index in [1.54, 1.807) is 6.07 Å². The molecule has 0 radical (unpaired) electrons. The van der Waals surface area contributed by atoms with Crippen LogP contribution in [0.15, 0.2) is 84.9 Å². The molecule has 5 nitrogen and oxygen atoms in total. The van der Waals surface area contributed by atoms with E-state index in [1.807, 2.05) is 78.9 Å². The minimum absolute atomic E-state index is 0.212. The molecule has 0 saturated carbocycles. The van der Waals surface area contributed by atoms with Gasteiger partial charge < -0.3 is 4.74 Å². The molecule has 0 spiro atoms. The van der Waals surface area contributed by atoms with Gasteiger partial charge in [0.25, 0.3) is 11.8 Å². The first kappa shape index (κ1) is 18.7. The van der Waals surface area contributed by atoms with Gasteiger partial charge in [0.15, 0.2) is 6.61 Å². The topological polar surface area (TPSA) is 67.4 Å². The third-order valence-electron chi connectivity index (χ3n) is 4.30. The lowest BCUT2D eigenvalue weighted by Crippen LogP contribution is -2.43. The molecule has 4 aromatic rings. The van der Waals surface area contributed by atoms with Gasteiger partial charge in [-0.1, -0.05) is 66.7 Å². The van der Waals surface area contributed by atoms with Gasteiger partial charge in [0.1, 0.15) is 5.75 Å². The zero-order chi connectivity index (χ0) is 20.1. The Bertz CT molecular complexity index is 1120. The maximum atomic E-state index is 12.3. The predicted molar refractivity (Wildman–Crippen MR) is 115 cm³/mol. The van der Waals surface area contributed by atoms with Crippen molar-refractivity contribution in [2.45, 2.75) is 0 Å². The highest BCUT2D eigenvalue weighted by Crippen LogP contribution is 2.29. The number of rotatable bonds is 5. The first-order valence-corrected chi connectivity index (χ1v) is 9.87. The van der Waals surface area contributed by atoms with E-state index in [-0.39, 0.29) is 12.5 Å². The molecule has 2 amide bonds. The molecule has 0 unspecified atom stereocenters. The van der Waals surface area contributed by atoms with E-state index >= 15 is 0 Å². The zero-order valence-electron chi connectivity index (χ0n) is 15.4. The van der Waals surface area contributed by atoms with Crippen LogP contribution in [0.5, 0.6) is 5.75 Å². The van der Waals surface area contributed by atoms with E-state index in [2.05, 4.69) is 10.9 Å². The fourth-order valence-corrected chi connectivity index (χ4v) is 3.87. The molecule has 1 heterocycles. The Morgan fingerprint density at radius 3 is 2.38 bits per heavy atom. The summed E-state index contributed by atoms with van der Waals surface area (Å²) < 4.78 is 6.70. The number of hydrogen-bond donors (Lipinski definition) is 2. The van der Waals surface area contributed by atoms with Gasteiger partial charge in [0, 0.05) is 10.3 Å². The molecule has 3 aromatic carbocycles. The van der Waals surface area contributed by atoms with Crippen molar-refractivity contribution in [1.82, 2.24) is 10.9 Å². The smallest absolute Gasteiger partial charge is 0.279 e. The first-order valence-electron chi connectivity index (χ1n) is 9.06. The Kier molecular flexibility index (Phi) is 5.54. The summed E-state index contributed by atoms with van der Waals surface area (Å²) in [6.07, 6.45) is 0. The number of carbonyl (C=O) groups is 2. The molecule has 29 heavy (non-hydrogen) atoms. The van der Waals surface area contributed by atoms with Crippen molar-refractivity contribution < 1.29 is 14.3 Å². The summed E-state index contributed by atoms with van der Waals surface area (Å²) in [5.41, 5.74) is 6.73. The molecule has 0 fully saturated rings. The number of nitrogens with one attached hydrogen (secondary N) is 2. The van der Waals surface area contributed by atoms with Crippen LogP contribution < -0.4 is 15.6 Å². The number of hydrogen-bond acceptors (Lipinski definition) is 4. The van der Waals surface area contributed by atoms with E-state index in [9.17, 15) is 9.59 Å². The highest BCUT2D eigenvalue weighted by atomic mass is 32.1. The number of fused-ring (bicyclic) bond motifs is 1. The summed E-state index contributed by atoms with van der Waals surface area (Å²) >= 11 is 1.37. The van der Waals surface area contributed by atoms with E-state index in [1.165, 1.54) is 11.3 Å². The van der Waals surface area contributed by atoms with Crippen LogP contribution in [-0.2, 0) is 4.79 Å². The average Bonchev–Trinajstić information content (AvgIpc) is 3.21. The largest absolute Gasteiger partial charge is 0.483 e. The summed E-state index contributed by atoms with van der Waals surface area (Å²) in [4.78, 5) is 24.9. The summed E-state index contributed by atoms with van der Waals surface area (Å²) in [6, 6.07) is 26.8. The van der Waals surface area contributed by atoms with Crippen molar-refractivity contribution in [3.05, 3.63) is 89.8 Å². The molecule has 0 atom stereocenters. The second-order valence-corrected chi connectivity index (χ2v) is 7.39. The van der Waals surface area contributed by atoms with Gasteiger partial charge in [0.05, 0.1) is 4.88 Å². The van der Waals surface area contributed by atoms with Crippen molar-refractivity contribution in [3.63, 3.8) is 0 Å². The number of thiophene rings is 1. The SMILES string of the molecule is O=C(COc1ccccc1-c1ccccc1)NNC(=O)c1cc2ccccc2s1. The second kappa shape index (κ2) is 8.58. The number of hydrazine groups is 1.